The van der Waals surface area contributed by atoms with Gasteiger partial charge in [0.05, 0.1) is 5.57 Å². The third-order valence-electron chi connectivity index (χ3n) is 13.3. The minimum Gasteiger partial charge on any atom is -0.299 e. The van der Waals surface area contributed by atoms with Crippen LogP contribution >= 0.6 is 0 Å². The molecule has 5 aliphatic carbocycles. The molecule has 0 heterocycles. The lowest BCUT2D eigenvalue weighted by molar-refractivity contribution is -0.214. The van der Waals surface area contributed by atoms with E-state index in [9.17, 15) is 36.4 Å². The van der Waals surface area contributed by atoms with Crippen molar-refractivity contribution in [1.29, 1.82) is 5.26 Å². The van der Waals surface area contributed by atoms with Gasteiger partial charge in [-0.05, 0) is 89.8 Å². The number of nitrogens with one attached hydrogen (secondary N) is 1. The Morgan fingerprint density at radius 1 is 0.953 bits per heavy atom. The number of halogens is 3. The maximum absolute atomic E-state index is 14.5. The highest BCUT2D eigenvalue weighted by Crippen LogP contribution is 2.74. The summed E-state index contributed by atoms with van der Waals surface area (Å²) in [5.41, 5.74) is -1.74. The Kier molecular flexibility index (Phi) is 7.51. The second-order valence-corrected chi connectivity index (χ2v) is 18.4. The zero-order chi connectivity index (χ0) is 32.2. The molecule has 0 saturated heterocycles. The van der Waals surface area contributed by atoms with Gasteiger partial charge < -0.3 is 0 Å². The first-order chi connectivity index (χ1) is 19.5. The lowest BCUT2D eigenvalue weighted by Crippen LogP contribution is -2.68. The number of Topliss-reactive ketones (excluding diaryl/α,β-unsaturated/α-hetero) is 2. The fraction of sp³-hybridized carbons (Fsp3) is 0.848. The van der Waals surface area contributed by atoms with Crippen molar-refractivity contribution in [2.24, 2.45) is 62.6 Å². The van der Waals surface area contributed by atoms with Gasteiger partial charge in [-0.25, -0.2) is 13.1 Å². The molecule has 4 fully saturated rings. The van der Waals surface area contributed by atoms with E-state index in [4.69, 9.17) is 0 Å². The number of alkyl halides is 3. The third kappa shape index (κ3) is 5.03. The van der Waals surface area contributed by atoms with Crippen molar-refractivity contribution in [3.05, 3.63) is 11.6 Å². The summed E-state index contributed by atoms with van der Waals surface area (Å²) in [6.07, 6.45) is 2.23. The number of allylic oxidation sites excluding steroid dienone is 2. The van der Waals surface area contributed by atoms with Gasteiger partial charge in [-0.2, -0.15) is 18.4 Å². The summed E-state index contributed by atoms with van der Waals surface area (Å²) in [5, 5.41) is 9.90. The molecule has 0 amide bonds. The number of hydrogen-bond acceptors (Lipinski definition) is 5. The molecule has 0 aromatic rings. The van der Waals surface area contributed by atoms with Crippen LogP contribution in [0.1, 0.15) is 93.4 Å². The zero-order valence-corrected chi connectivity index (χ0v) is 27.3. The summed E-state index contributed by atoms with van der Waals surface area (Å²) in [5.74, 6) is -2.12. The number of hydrogen-bond donors (Lipinski definition) is 1. The van der Waals surface area contributed by atoms with Crippen LogP contribution in [0.3, 0.4) is 0 Å². The summed E-state index contributed by atoms with van der Waals surface area (Å²) < 4.78 is 65.5. The quantitative estimate of drug-likeness (QED) is 0.379. The van der Waals surface area contributed by atoms with Crippen LogP contribution in [0.25, 0.3) is 0 Å². The molecule has 0 aromatic carbocycles. The van der Waals surface area contributed by atoms with E-state index < -0.39 is 32.8 Å². The average molecular weight is 625 g/mol. The standard InChI is InChI=1S/C33H47F3N2O4S/c1-28(2)13-20(17-38-43(41,42)18-33(34,35)36)21-8-10-32(7)26(22(21)15-28)23(39)12-25-30(5)14-19(16-37)27(40)29(3,4)24(30)9-11-31(25,32)6/h14,20-22,24-26,38H,8-13,15,17-18H2,1-7H3/t20-,21+,22-,24-,25+,26-,30-,31+,32+/m0/s1. The van der Waals surface area contributed by atoms with E-state index in [-0.39, 0.29) is 75.4 Å². The zero-order valence-electron chi connectivity index (χ0n) is 26.5. The van der Waals surface area contributed by atoms with Gasteiger partial charge in [0.15, 0.2) is 11.5 Å². The van der Waals surface area contributed by atoms with Crippen LogP contribution in [-0.4, -0.2) is 38.5 Å². The minimum atomic E-state index is -4.81. The van der Waals surface area contributed by atoms with Crippen LogP contribution in [-0.2, 0) is 19.6 Å². The van der Waals surface area contributed by atoms with Crippen LogP contribution in [0.2, 0.25) is 0 Å². The Balaban J connectivity index is 1.49. The van der Waals surface area contributed by atoms with Gasteiger partial charge in [-0.3, -0.25) is 9.59 Å². The van der Waals surface area contributed by atoms with Crippen molar-refractivity contribution in [2.75, 3.05) is 12.3 Å². The maximum Gasteiger partial charge on any atom is 0.404 e. The second-order valence-electron chi connectivity index (χ2n) is 16.6. The topological polar surface area (TPSA) is 104 Å². The summed E-state index contributed by atoms with van der Waals surface area (Å²) >= 11 is 0. The second kappa shape index (κ2) is 9.88. The van der Waals surface area contributed by atoms with Gasteiger partial charge in [-0.1, -0.05) is 54.5 Å². The lowest BCUT2D eigenvalue weighted by atomic mass is 9.32. The highest BCUT2D eigenvalue weighted by atomic mass is 32.2. The first-order valence-corrected chi connectivity index (χ1v) is 17.4. The van der Waals surface area contributed by atoms with E-state index in [0.29, 0.717) is 12.8 Å². The smallest absolute Gasteiger partial charge is 0.299 e. The van der Waals surface area contributed by atoms with Crippen molar-refractivity contribution in [3.63, 3.8) is 0 Å². The highest BCUT2D eigenvalue weighted by Gasteiger charge is 2.71. The molecular formula is C33H47F3N2O4S. The molecule has 0 radical (unpaired) electrons. The van der Waals surface area contributed by atoms with E-state index in [1.54, 1.807) is 0 Å². The van der Waals surface area contributed by atoms with Crippen LogP contribution in [0.4, 0.5) is 13.2 Å². The molecule has 4 saturated carbocycles. The monoisotopic (exact) mass is 624 g/mol. The summed E-state index contributed by atoms with van der Waals surface area (Å²) in [4.78, 5) is 27.7. The Morgan fingerprint density at radius 2 is 1.58 bits per heavy atom. The van der Waals surface area contributed by atoms with Crippen molar-refractivity contribution in [3.8, 4) is 6.07 Å². The number of carbonyl (C=O) groups excluding carboxylic acids is 2. The SMILES string of the molecule is CC1(C)C[C@@H](CNS(=O)(=O)CC(F)(F)F)[C@H]2CC[C@]3(C)[C@H](C(=O)C[C@@H]4[C@@]5(C)C=C(C#N)C(=O)C(C)(C)[C@@H]5CC[C@]43C)[C@H]2C1. The molecule has 0 aromatic heterocycles. The molecule has 0 unspecified atom stereocenters. The van der Waals surface area contributed by atoms with Gasteiger partial charge in [0.2, 0.25) is 10.0 Å². The van der Waals surface area contributed by atoms with Crippen molar-refractivity contribution in [1.82, 2.24) is 4.72 Å². The predicted molar refractivity (Wildman–Crippen MR) is 157 cm³/mol. The Labute approximate surface area is 254 Å². The number of nitrogens with zero attached hydrogens (tertiary/aromatic N) is 1. The van der Waals surface area contributed by atoms with Gasteiger partial charge in [0.1, 0.15) is 11.9 Å². The molecular weight excluding hydrogens is 577 g/mol. The maximum atomic E-state index is 14.5. The fourth-order valence-electron chi connectivity index (χ4n) is 11.6. The average Bonchev–Trinajstić information content (AvgIpc) is 2.84. The molecule has 0 spiro atoms. The van der Waals surface area contributed by atoms with Crippen molar-refractivity contribution in [2.45, 2.75) is 99.6 Å². The van der Waals surface area contributed by atoms with Crippen molar-refractivity contribution >= 4 is 21.6 Å². The Hall–Kier alpha value is -1.73. The summed E-state index contributed by atoms with van der Waals surface area (Å²) in [6.45, 7) is 14.8. The molecule has 1 N–H and O–H groups in total. The van der Waals surface area contributed by atoms with Crippen LogP contribution in [0.15, 0.2) is 11.6 Å². The molecule has 5 rings (SSSR count). The van der Waals surface area contributed by atoms with Gasteiger partial charge >= 0.3 is 6.18 Å². The van der Waals surface area contributed by atoms with E-state index in [1.807, 2.05) is 19.9 Å². The molecule has 43 heavy (non-hydrogen) atoms. The largest absolute Gasteiger partial charge is 0.404 e. The number of ketones is 2. The van der Waals surface area contributed by atoms with Gasteiger partial charge in [0, 0.05) is 24.3 Å². The van der Waals surface area contributed by atoms with Crippen molar-refractivity contribution < 1.29 is 31.2 Å². The Morgan fingerprint density at radius 3 is 2.19 bits per heavy atom. The fourth-order valence-corrected chi connectivity index (χ4v) is 12.6. The third-order valence-corrected chi connectivity index (χ3v) is 14.7. The Bertz CT molecular complexity index is 1400. The predicted octanol–water partition coefficient (Wildman–Crippen LogP) is 6.62. The summed E-state index contributed by atoms with van der Waals surface area (Å²) in [7, 11) is -4.52. The highest BCUT2D eigenvalue weighted by molar-refractivity contribution is 7.89. The first-order valence-electron chi connectivity index (χ1n) is 15.8. The van der Waals surface area contributed by atoms with Crippen LogP contribution in [0, 0.1) is 73.9 Å². The summed E-state index contributed by atoms with van der Waals surface area (Å²) in [6, 6.07) is 2.15. The number of nitriles is 1. The minimum absolute atomic E-state index is 0.0185. The van der Waals surface area contributed by atoms with Crippen LogP contribution in [0.5, 0.6) is 0 Å². The first kappa shape index (κ1) is 32.7. The van der Waals surface area contributed by atoms with Gasteiger partial charge in [-0.15, -0.1) is 0 Å². The number of fused-ring (bicyclic) bond motifs is 7. The molecule has 6 nitrogen and oxygen atoms in total. The van der Waals surface area contributed by atoms with E-state index >= 15 is 0 Å². The van der Waals surface area contributed by atoms with E-state index in [0.717, 1.165) is 32.1 Å². The van der Waals surface area contributed by atoms with Gasteiger partial charge in [0.25, 0.3) is 0 Å². The number of rotatable bonds is 4. The van der Waals surface area contributed by atoms with Crippen LogP contribution < -0.4 is 4.72 Å². The molecule has 10 heteroatoms. The molecule has 240 valence electrons. The molecule has 5 aliphatic rings. The lowest BCUT2D eigenvalue weighted by Gasteiger charge is -2.71. The van der Waals surface area contributed by atoms with E-state index in [1.165, 1.54) is 0 Å². The van der Waals surface area contributed by atoms with E-state index in [2.05, 4.69) is 45.4 Å². The number of carbonyl (C=O) groups is 2. The number of sulfonamides is 1. The molecule has 0 aliphatic heterocycles. The normalized spacial score (nSPS) is 43.8. The molecule has 9 atom stereocenters. The molecule has 0 bridgehead atoms.